The summed E-state index contributed by atoms with van der Waals surface area (Å²) in [5.74, 6) is 0.311. The Hall–Kier alpha value is -1.02. The number of hydrogen-bond acceptors (Lipinski definition) is 2. The van der Waals surface area contributed by atoms with Crippen molar-refractivity contribution in [3.63, 3.8) is 0 Å². The van der Waals surface area contributed by atoms with Gasteiger partial charge in [0.2, 0.25) is 0 Å². The molecule has 1 aliphatic rings. The van der Waals surface area contributed by atoms with Gasteiger partial charge in [-0.2, -0.15) is 0 Å². The molecule has 70 valence electrons. The number of aliphatic hydroxyl groups is 1. The van der Waals surface area contributed by atoms with Crippen LogP contribution >= 0.6 is 0 Å². The lowest BCUT2D eigenvalue weighted by Gasteiger charge is -2.13. The third-order valence-electron chi connectivity index (χ3n) is 2.77. The van der Waals surface area contributed by atoms with Crippen LogP contribution in [-0.4, -0.2) is 10.2 Å². The predicted molar refractivity (Wildman–Crippen MR) is 50.7 cm³/mol. The summed E-state index contributed by atoms with van der Waals surface area (Å²) in [4.78, 5) is 0. The average molecular weight is 178 g/mol. The first kappa shape index (κ1) is 8.57. The maximum absolute atomic E-state index is 9.91. The first-order valence-corrected chi connectivity index (χ1v) is 4.56. The Morgan fingerprint density at radius 3 is 2.31 bits per heavy atom. The smallest absolute Gasteiger partial charge is 0.118 e. The van der Waals surface area contributed by atoms with Crippen molar-refractivity contribution in [3.05, 3.63) is 28.8 Å². The molecule has 0 saturated heterocycles. The van der Waals surface area contributed by atoms with Gasteiger partial charge in [-0.05, 0) is 55.5 Å². The van der Waals surface area contributed by atoms with Gasteiger partial charge in [0, 0.05) is 0 Å². The number of aromatic hydroxyl groups is 1. The second kappa shape index (κ2) is 2.48. The summed E-state index contributed by atoms with van der Waals surface area (Å²) >= 11 is 0. The van der Waals surface area contributed by atoms with E-state index in [4.69, 9.17) is 0 Å². The highest BCUT2D eigenvalue weighted by Crippen LogP contribution is 2.47. The van der Waals surface area contributed by atoms with Crippen LogP contribution in [-0.2, 0) is 5.60 Å². The molecule has 1 aromatic rings. The van der Waals surface area contributed by atoms with Crippen LogP contribution in [0.4, 0.5) is 0 Å². The van der Waals surface area contributed by atoms with Gasteiger partial charge in [0.05, 0.1) is 5.60 Å². The van der Waals surface area contributed by atoms with Crippen molar-refractivity contribution in [2.75, 3.05) is 0 Å². The van der Waals surface area contributed by atoms with Crippen molar-refractivity contribution >= 4 is 0 Å². The Labute approximate surface area is 77.8 Å². The fourth-order valence-electron chi connectivity index (χ4n) is 1.69. The molecule has 13 heavy (non-hydrogen) atoms. The first-order chi connectivity index (χ1) is 6.03. The predicted octanol–water partition coefficient (Wildman–Crippen LogP) is 1.99. The van der Waals surface area contributed by atoms with Gasteiger partial charge in [0.1, 0.15) is 5.75 Å². The van der Waals surface area contributed by atoms with Crippen LogP contribution in [0.5, 0.6) is 5.75 Å². The van der Waals surface area contributed by atoms with Crippen molar-refractivity contribution in [1.29, 1.82) is 0 Å². The summed E-state index contributed by atoms with van der Waals surface area (Å²) in [5.41, 5.74) is 2.19. The maximum Gasteiger partial charge on any atom is 0.118 e. The lowest BCUT2D eigenvalue weighted by atomic mass is 9.98. The monoisotopic (exact) mass is 178 g/mol. The molecular formula is C11H14O2. The zero-order chi connectivity index (χ0) is 9.64. The molecule has 0 atom stereocenters. The summed E-state index contributed by atoms with van der Waals surface area (Å²) in [6.45, 7) is 3.77. The molecule has 0 heterocycles. The summed E-state index contributed by atoms with van der Waals surface area (Å²) in [6, 6.07) is 3.61. The number of phenols is 1. The zero-order valence-electron chi connectivity index (χ0n) is 7.96. The lowest BCUT2D eigenvalue weighted by molar-refractivity contribution is 0.150. The van der Waals surface area contributed by atoms with Crippen molar-refractivity contribution in [2.45, 2.75) is 32.3 Å². The van der Waals surface area contributed by atoms with E-state index in [-0.39, 0.29) is 0 Å². The van der Waals surface area contributed by atoms with Gasteiger partial charge in [-0.25, -0.2) is 0 Å². The summed E-state index contributed by atoms with van der Waals surface area (Å²) in [6.07, 6.45) is 1.69. The number of hydrogen-bond donors (Lipinski definition) is 2. The van der Waals surface area contributed by atoms with Crippen molar-refractivity contribution in [1.82, 2.24) is 0 Å². The van der Waals surface area contributed by atoms with E-state index in [2.05, 4.69) is 0 Å². The summed E-state index contributed by atoms with van der Waals surface area (Å²) in [7, 11) is 0. The molecule has 2 rings (SSSR count). The highest BCUT2D eigenvalue weighted by Gasteiger charge is 2.43. The minimum atomic E-state index is -0.595. The molecule has 2 N–H and O–H groups in total. The second-order valence-corrected chi connectivity index (χ2v) is 3.99. The highest BCUT2D eigenvalue weighted by atomic mass is 16.3. The van der Waals surface area contributed by atoms with Crippen LogP contribution < -0.4 is 0 Å². The third-order valence-corrected chi connectivity index (χ3v) is 2.77. The molecule has 2 heteroatoms. The molecule has 0 aromatic heterocycles. The Bertz CT molecular complexity index is 351. The Morgan fingerprint density at radius 1 is 1.15 bits per heavy atom. The van der Waals surface area contributed by atoms with Crippen LogP contribution in [0, 0.1) is 13.8 Å². The molecule has 0 spiro atoms. The summed E-state index contributed by atoms with van der Waals surface area (Å²) in [5, 5.41) is 19.3. The van der Waals surface area contributed by atoms with Gasteiger partial charge in [-0.15, -0.1) is 0 Å². The van der Waals surface area contributed by atoms with Gasteiger partial charge in [0.15, 0.2) is 0 Å². The van der Waals surface area contributed by atoms with Crippen LogP contribution in [0.1, 0.15) is 29.5 Å². The van der Waals surface area contributed by atoms with Crippen LogP contribution in [0.25, 0.3) is 0 Å². The molecule has 0 unspecified atom stereocenters. The number of rotatable bonds is 1. The van der Waals surface area contributed by atoms with Crippen LogP contribution in [0.2, 0.25) is 0 Å². The second-order valence-electron chi connectivity index (χ2n) is 3.99. The molecule has 2 nitrogen and oxygen atoms in total. The van der Waals surface area contributed by atoms with Gasteiger partial charge in [0.25, 0.3) is 0 Å². The third kappa shape index (κ3) is 1.31. The standard InChI is InChI=1S/C11H14O2/c1-7-6-10(12)8(2)5-9(7)11(13)3-4-11/h5-6,12-13H,3-4H2,1-2H3. The fraction of sp³-hybridized carbons (Fsp3) is 0.455. The van der Waals surface area contributed by atoms with E-state index in [9.17, 15) is 10.2 Å². The molecule has 1 aliphatic carbocycles. The topological polar surface area (TPSA) is 40.5 Å². The molecule has 0 radical (unpaired) electrons. The maximum atomic E-state index is 9.91. The number of phenolic OH excluding ortho intramolecular Hbond substituents is 1. The van der Waals surface area contributed by atoms with Crippen molar-refractivity contribution in [3.8, 4) is 5.75 Å². The van der Waals surface area contributed by atoms with E-state index in [1.807, 2.05) is 19.9 Å². The van der Waals surface area contributed by atoms with E-state index in [1.54, 1.807) is 6.07 Å². The van der Waals surface area contributed by atoms with E-state index < -0.39 is 5.60 Å². The van der Waals surface area contributed by atoms with Crippen LogP contribution in [0.3, 0.4) is 0 Å². The van der Waals surface area contributed by atoms with E-state index >= 15 is 0 Å². The number of benzene rings is 1. The van der Waals surface area contributed by atoms with E-state index in [1.165, 1.54) is 0 Å². The zero-order valence-corrected chi connectivity index (χ0v) is 7.96. The molecule has 1 aromatic carbocycles. The molecule has 1 saturated carbocycles. The van der Waals surface area contributed by atoms with Crippen molar-refractivity contribution in [2.24, 2.45) is 0 Å². The minimum Gasteiger partial charge on any atom is -0.508 e. The Morgan fingerprint density at radius 2 is 1.77 bits per heavy atom. The molecule has 0 aliphatic heterocycles. The Balaban J connectivity index is 2.52. The normalized spacial score (nSPS) is 18.7. The SMILES string of the molecule is Cc1cc(C2(O)CC2)c(C)cc1O. The van der Waals surface area contributed by atoms with Crippen molar-refractivity contribution < 1.29 is 10.2 Å². The Kier molecular flexibility index (Phi) is 1.64. The quantitative estimate of drug-likeness (QED) is 0.690. The largest absolute Gasteiger partial charge is 0.508 e. The van der Waals surface area contributed by atoms with Gasteiger partial charge in [-0.3, -0.25) is 0 Å². The molecule has 0 bridgehead atoms. The lowest BCUT2D eigenvalue weighted by Crippen LogP contribution is -2.06. The van der Waals surface area contributed by atoms with E-state index in [0.717, 1.165) is 29.5 Å². The van der Waals surface area contributed by atoms with Gasteiger partial charge in [-0.1, -0.05) is 0 Å². The van der Waals surface area contributed by atoms with Gasteiger partial charge < -0.3 is 10.2 Å². The first-order valence-electron chi connectivity index (χ1n) is 4.56. The van der Waals surface area contributed by atoms with E-state index in [0.29, 0.717) is 5.75 Å². The molecule has 0 amide bonds. The molecule has 1 fully saturated rings. The minimum absolute atomic E-state index is 0.311. The van der Waals surface area contributed by atoms with Gasteiger partial charge >= 0.3 is 0 Å². The van der Waals surface area contributed by atoms with Crippen LogP contribution in [0.15, 0.2) is 12.1 Å². The average Bonchev–Trinajstić information content (AvgIpc) is 2.77. The highest BCUT2D eigenvalue weighted by molar-refractivity contribution is 5.44. The summed E-state index contributed by atoms with van der Waals surface area (Å²) < 4.78 is 0. The fourth-order valence-corrected chi connectivity index (χ4v) is 1.69. The molecular weight excluding hydrogens is 164 g/mol. The number of aryl methyl sites for hydroxylation is 2.